The number of alkyl halides is 3. The van der Waals surface area contributed by atoms with Crippen LogP contribution in [0, 0.1) is 0 Å². The molecule has 0 fully saturated rings. The number of rotatable bonds is 3. The van der Waals surface area contributed by atoms with Crippen LogP contribution in [0.4, 0.5) is 23.7 Å². The predicted molar refractivity (Wildman–Crippen MR) is 73.0 cm³/mol. The van der Waals surface area contributed by atoms with E-state index >= 15 is 0 Å². The number of carboxylic acids is 1. The number of benzene rings is 1. The minimum Gasteiger partial charge on any atom is -0.478 e. The highest BCUT2D eigenvalue weighted by Gasteiger charge is 2.30. The fraction of sp³-hybridized carbons (Fsp3) is 0.429. The van der Waals surface area contributed by atoms with Crippen molar-refractivity contribution in [3.8, 4) is 0 Å². The van der Waals surface area contributed by atoms with Crippen LogP contribution in [0.25, 0.3) is 0 Å². The largest absolute Gasteiger partial charge is 0.478 e. The number of hydrogen-bond donors (Lipinski definition) is 2. The molecule has 0 aliphatic rings. The molecule has 1 rings (SSSR count). The van der Waals surface area contributed by atoms with Gasteiger partial charge in [0.2, 0.25) is 0 Å². The number of nitrogens with one attached hydrogen (secondary N) is 1. The second-order valence-corrected chi connectivity index (χ2v) is 5.60. The van der Waals surface area contributed by atoms with Crippen LogP contribution < -0.4 is 5.32 Å². The average Bonchev–Trinajstić information content (AvgIpc) is 2.23. The number of amides is 1. The Balaban J connectivity index is 3.01. The zero-order chi connectivity index (χ0) is 17.1. The summed E-state index contributed by atoms with van der Waals surface area (Å²) >= 11 is 0. The van der Waals surface area contributed by atoms with Crippen molar-refractivity contribution >= 4 is 17.7 Å². The van der Waals surface area contributed by atoms with Crippen molar-refractivity contribution in [2.45, 2.75) is 39.0 Å². The van der Waals surface area contributed by atoms with Gasteiger partial charge in [-0.25, -0.2) is 9.59 Å². The van der Waals surface area contributed by atoms with Crippen molar-refractivity contribution in [2.75, 3.05) is 5.32 Å². The number of hydrogen-bond acceptors (Lipinski definition) is 3. The van der Waals surface area contributed by atoms with Crippen LogP contribution in [-0.4, -0.2) is 28.9 Å². The Morgan fingerprint density at radius 1 is 1.23 bits per heavy atom. The molecule has 0 bridgehead atoms. The molecule has 0 saturated heterocycles. The molecular weight excluding hydrogens is 303 g/mol. The lowest BCUT2D eigenvalue weighted by molar-refractivity contribution is -0.127. The summed E-state index contributed by atoms with van der Waals surface area (Å²) in [5.74, 6) is -1.47. The Kier molecular flexibility index (Phi) is 5.05. The number of carbonyl (C=O) groups is 2. The van der Waals surface area contributed by atoms with Gasteiger partial charge in [0, 0.05) is 5.69 Å². The minimum atomic E-state index is -4.56. The molecule has 0 saturated carbocycles. The molecule has 0 unspecified atom stereocenters. The van der Waals surface area contributed by atoms with Crippen molar-refractivity contribution in [3.63, 3.8) is 0 Å². The number of carboxylic acid groups (broad SMARTS) is 1. The lowest BCUT2D eigenvalue weighted by atomic mass is 10.0. The molecule has 122 valence electrons. The van der Waals surface area contributed by atoms with Crippen LogP contribution in [0.15, 0.2) is 18.2 Å². The number of carbonyl (C=O) groups excluding carboxylic acids is 1. The molecule has 0 atom stereocenters. The van der Waals surface area contributed by atoms with E-state index in [4.69, 9.17) is 9.84 Å². The fourth-order valence-corrected chi connectivity index (χ4v) is 1.66. The van der Waals surface area contributed by atoms with Crippen molar-refractivity contribution < 1.29 is 32.6 Å². The highest BCUT2D eigenvalue weighted by atomic mass is 19.4. The maximum absolute atomic E-state index is 12.5. The van der Waals surface area contributed by atoms with Gasteiger partial charge in [-0.05, 0) is 44.5 Å². The van der Waals surface area contributed by atoms with Gasteiger partial charge in [-0.2, -0.15) is 13.2 Å². The smallest absolute Gasteiger partial charge is 0.412 e. The molecule has 1 aromatic rings. The van der Waals surface area contributed by atoms with E-state index in [1.807, 2.05) is 0 Å². The Labute approximate surface area is 125 Å². The highest BCUT2D eigenvalue weighted by Crippen LogP contribution is 2.26. The molecule has 0 radical (unpaired) electrons. The van der Waals surface area contributed by atoms with Gasteiger partial charge in [-0.3, -0.25) is 5.32 Å². The first-order chi connectivity index (χ1) is 9.87. The van der Waals surface area contributed by atoms with Gasteiger partial charge in [-0.15, -0.1) is 0 Å². The molecule has 2 N–H and O–H groups in total. The highest BCUT2D eigenvalue weighted by molar-refractivity contribution is 5.91. The Morgan fingerprint density at radius 2 is 1.82 bits per heavy atom. The van der Waals surface area contributed by atoms with Crippen molar-refractivity contribution in [3.05, 3.63) is 29.3 Å². The van der Waals surface area contributed by atoms with Crippen molar-refractivity contribution in [1.29, 1.82) is 0 Å². The summed E-state index contributed by atoms with van der Waals surface area (Å²) < 4.78 is 42.5. The summed E-state index contributed by atoms with van der Waals surface area (Å²) in [4.78, 5) is 22.5. The van der Waals surface area contributed by atoms with E-state index in [9.17, 15) is 22.8 Å². The van der Waals surface area contributed by atoms with Crippen LogP contribution >= 0.6 is 0 Å². The zero-order valence-electron chi connectivity index (χ0n) is 12.2. The molecule has 22 heavy (non-hydrogen) atoms. The van der Waals surface area contributed by atoms with Gasteiger partial charge in [0.15, 0.2) is 0 Å². The summed E-state index contributed by atoms with van der Waals surface area (Å²) in [7, 11) is 0. The maximum Gasteiger partial charge on any atom is 0.412 e. The van der Waals surface area contributed by atoms with E-state index in [2.05, 4.69) is 5.32 Å². The first-order valence-electron chi connectivity index (χ1n) is 6.30. The fourth-order valence-electron chi connectivity index (χ4n) is 1.66. The lowest BCUT2D eigenvalue weighted by Gasteiger charge is -2.20. The van der Waals surface area contributed by atoms with E-state index in [-0.39, 0.29) is 5.69 Å². The molecule has 0 aliphatic heterocycles. The third-order valence-corrected chi connectivity index (χ3v) is 2.37. The predicted octanol–water partition coefficient (Wildman–Crippen LogP) is 3.84. The third kappa shape index (κ3) is 6.02. The van der Waals surface area contributed by atoms with Gasteiger partial charge in [0.25, 0.3) is 0 Å². The average molecular weight is 319 g/mol. The third-order valence-electron chi connectivity index (χ3n) is 2.37. The van der Waals surface area contributed by atoms with E-state index in [1.165, 1.54) is 6.07 Å². The normalized spacial score (nSPS) is 11.9. The monoisotopic (exact) mass is 319 g/mol. The molecule has 5 nitrogen and oxygen atoms in total. The Morgan fingerprint density at radius 3 is 2.27 bits per heavy atom. The van der Waals surface area contributed by atoms with Crippen LogP contribution in [0.3, 0.4) is 0 Å². The van der Waals surface area contributed by atoms with Gasteiger partial charge >= 0.3 is 18.2 Å². The Hall–Kier alpha value is -2.25. The van der Waals surface area contributed by atoms with E-state index in [1.54, 1.807) is 20.8 Å². The number of anilines is 1. The van der Waals surface area contributed by atoms with Gasteiger partial charge < -0.3 is 9.84 Å². The first kappa shape index (κ1) is 17.8. The molecule has 1 amide bonds. The molecule has 0 aromatic heterocycles. The van der Waals surface area contributed by atoms with Crippen molar-refractivity contribution in [2.24, 2.45) is 0 Å². The second-order valence-electron chi connectivity index (χ2n) is 5.60. The molecule has 0 aliphatic carbocycles. The Bertz CT molecular complexity index is 576. The molecule has 0 spiro atoms. The summed E-state index contributed by atoms with van der Waals surface area (Å²) in [5.41, 5.74) is -1.64. The molecule has 8 heteroatoms. The van der Waals surface area contributed by atoms with Crippen LogP contribution in [-0.2, 0) is 11.2 Å². The summed E-state index contributed by atoms with van der Waals surface area (Å²) in [5, 5.41) is 11.2. The second kappa shape index (κ2) is 6.25. The van der Waals surface area contributed by atoms with Gasteiger partial charge in [0.1, 0.15) is 5.60 Å². The summed E-state index contributed by atoms with van der Waals surface area (Å²) in [6.45, 7) is 4.90. The van der Waals surface area contributed by atoms with Crippen LogP contribution in [0.5, 0.6) is 0 Å². The summed E-state index contributed by atoms with van der Waals surface area (Å²) in [6, 6.07) is 3.18. The molecular formula is C14H16F3NO4. The van der Waals surface area contributed by atoms with Crippen molar-refractivity contribution in [1.82, 2.24) is 0 Å². The first-order valence-corrected chi connectivity index (χ1v) is 6.30. The SMILES string of the molecule is CC(C)(C)OC(=O)Nc1ccc(C(=O)O)c(CC(F)(F)F)c1. The minimum absolute atomic E-state index is 0.0264. The van der Waals surface area contributed by atoms with Crippen LogP contribution in [0.1, 0.15) is 36.7 Å². The quantitative estimate of drug-likeness (QED) is 0.887. The zero-order valence-corrected chi connectivity index (χ0v) is 12.2. The van der Waals surface area contributed by atoms with E-state index < -0.39 is 41.4 Å². The molecule has 0 heterocycles. The van der Waals surface area contributed by atoms with E-state index in [0.717, 1.165) is 12.1 Å². The van der Waals surface area contributed by atoms with Gasteiger partial charge in [-0.1, -0.05) is 0 Å². The lowest BCUT2D eigenvalue weighted by Crippen LogP contribution is -2.27. The molecule has 1 aromatic carbocycles. The van der Waals surface area contributed by atoms with E-state index in [0.29, 0.717) is 0 Å². The van der Waals surface area contributed by atoms with Gasteiger partial charge in [0.05, 0.1) is 12.0 Å². The number of aromatic carboxylic acids is 1. The van der Waals surface area contributed by atoms with Crippen LogP contribution in [0.2, 0.25) is 0 Å². The topological polar surface area (TPSA) is 75.6 Å². The number of ether oxygens (including phenoxy) is 1. The summed E-state index contributed by atoms with van der Waals surface area (Å²) in [6.07, 6.45) is -6.80. The number of halogens is 3. The maximum atomic E-state index is 12.5. The standard InChI is InChI=1S/C14H16F3NO4/c1-13(2,3)22-12(21)18-9-4-5-10(11(19)20)8(6-9)7-14(15,16)17/h4-6H,7H2,1-3H3,(H,18,21)(H,19,20).